The van der Waals surface area contributed by atoms with Crippen LogP contribution >= 0.6 is 15.9 Å². The number of carbonyl (C=O) groups is 1. The minimum absolute atomic E-state index is 0.167. The Bertz CT molecular complexity index is 383. The van der Waals surface area contributed by atoms with Crippen molar-refractivity contribution in [3.63, 3.8) is 0 Å². The van der Waals surface area contributed by atoms with E-state index in [9.17, 15) is 4.79 Å². The second kappa shape index (κ2) is 6.59. The molecule has 5 heteroatoms. The molecule has 1 atom stereocenters. The Balaban J connectivity index is 2.64. The monoisotopic (exact) mass is 300 g/mol. The fraction of sp³-hybridized carbons (Fsp3) is 0.500. The van der Waals surface area contributed by atoms with Crippen LogP contribution in [-0.4, -0.2) is 29.4 Å². The molecule has 1 aromatic heterocycles. The highest BCUT2D eigenvalue weighted by Crippen LogP contribution is 2.14. The number of alkyl halides is 1. The van der Waals surface area contributed by atoms with E-state index in [1.54, 1.807) is 18.3 Å². The maximum Gasteiger partial charge on any atom is 0.256 e. The van der Waals surface area contributed by atoms with Crippen LogP contribution in [0.2, 0.25) is 0 Å². The molecule has 0 fully saturated rings. The molecule has 0 saturated carbocycles. The van der Waals surface area contributed by atoms with Gasteiger partial charge in [0.2, 0.25) is 5.88 Å². The van der Waals surface area contributed by atoms with Gasteiger partial charge in [-0.1, -0.05) is 29.8 Å². The molecule has 1 unspecified atom stereocenters. The highest BCUT2D eigenvalue weighted by molar-refractivity contribution is 9.09. The molecule has 0 radical (unpaired) electrons. The fourth-order valence-electron chi connectivity index (χ4n) is 1.25. The van der Waals surface area contributed by atoms with Crippen molar-refractivity contribution in [1.29, 1.82) is 0 Å². The van der Waals surface area contributed by atoms with Crippen molar-refractivity contribution in [1.82, 2.24) is 10.3 Å². The second-order valence-corrected chi connectivity index (χ2v) is 5.21. The first-order valence-corrected chi connectivity index (χ1v) is 6.39. The van der Waals surface area contributed by atoms with Crippen LogP contribution in [0.5, 0.6) is 5.88 Å². The molecule has 1 aromatic rings. The third-order valence-electron chi connectivity index (χ3n) is 2.39. The molecule has 0 spiro atoms. The van der Waals surface area contributed by atoms with Gasteiger partial charge in [-0.25, -0.2) is 4.98 Å². The average Bonchev–Trinajstić information content (AvgIpc) is 2.35. The van der Waals surface area contributed by atoms with Crippen LogP contribution in [0, 0.1) is 5.92 Å². The number of aromatic nitrogens is 1. The van der Waals surface area contributed by atoms with Gasteiger partial charge in [0.1, 0.15) is 5.56 Å². The Kier molecular flexibility index (Phi) is 5.41. The van der Waals surface area contributed by atoms with Crippen LogP contribution in [-0.2, 0) is 0 Å². The second-order valence-electron chi connectivity index (χ2n) is 4.03. The number of hydrogen-bond acceptors (Lipinski definition) is 3. The lowest BCUT2D eigenvalue weighted by Crippen LogP contribution is -2.32. The van der Waals surface area contributed by atoms with Crippen molar-refractivity contribution in [2.24, 2.45) is 5.92 Å². The number of rotatable bonds is 5. The van der Waals surface area contributed by atoms with E-state index in [-0.39, 0.29) is 10.7 Å². The molecule has 0 aliphatic carbocycles. The Morgan fingerprint density at radius 3 is 2.88 bits per heavy atom. The maximum atomic E-state index is 11.9. The number of nitrogens with zero attached hydrogens (tertiary/aromatic N) is 1. The fourth-order valence-corrected chi connectivity index (χ4v) is 1.41. The Morgan fingerprint density at radius 2 is 2.29 bits per heavy atom. The van der Waals surface area contributed by atoms with E-state index in [0.29, 0.717) is 23.9 Å². The third kappa shape index (κ3) is 4.00. The van der Waals surface area contributed by atoms with Crippen molar-refractivity contribution in [3.8, 4) is 5.88 Å². The van der Waals surface area contributed by atoms with Gasteiger partial charge >= 0.3 is 0 Å². The molecular formula is C12H17BrN2O2. The van der Waals surface area contributed by atoms with Crippen LogP contribution in [0.25, 0.3) is 0 Å². The lowest BCUT2D eigenvalue weighted by molar-refractivity contribution is 0.0949. The molecule has 94 valence electrons. The topological polar surface area (TPSA) is 51.2 Å². The maximum absolute atomic E-state index is 11.9. The summed E-state index contributed by atoms with van der Waals surface area (Å²) in [6.45, 7) is 4.76. The normalized spacial score (nSPS) is 12.3. The molecule has 1 amide bonds. The van der Waals surface area contributed by atoms with Crippen molar-refractivity contribution in [2.75, 3.05) is 13.7 Å². The van der Waals surface area contributed by atoms with Gasteiger partial charge in [-0.15, -0.1) is 0 Å². The van der Waals surface area contributed by atoms with Crippen LogP contribution in [0.3, 0.4) is 0 Å². The zero-order chi connectivity index (χ0) is 12.8. The number of halogens is 1. The predicted molar refractivity (Wildman–Crippen MR) is 70.7 cm³/mol. The summed E-state index contributed by atoms with van der Waals surface area (Å²) in [5, 5.41) is 2.85. The molecule has 0 aromatic carbocycles. The molecule has 1 rings (SSSR count). The van der Waals surface area contributed by atoms with Gasteiger partial charge in [-0.05, 0) is 18.1 Å². The summed E-state index contributed by atoms with van der Waals surface area (Å²) in [6, 6.07) is 3.41. The zero-order valence-corrected chi connectivity index (χ0v) is 11.8. The summed E-state index contributed by atoms with van der Waals surface area (Å²) >= 11 is 3.52. The molecule has 0 aliphatic heterocycles. The summed E-state index contributed by atoms with van der Waals surface area (Å²) < 4.78 is 5.04. The van der Waals surface area contributed by atoms with Gasteiger partial charge in [0, 0.05) is 17.6 Å². The SMILES string of the molecule is COc1ncccc1C(=O)NCC(Br)C(C)C. The lowest BCUT2D eigenvalue weighted by atomic mass is 10.1. The van der Waals surface area contributed by atoms with E-state index in [2.05, 4.69) is 40.1 Å². The van der Waals surface area contributed by atoms with Crippen LogP contribution in [0.15, 0.2) is 18.3 Å². The largest absolute Gasteiger partial charge is 0.480 e. The first-order valence-electron chi connectivity index (χ1n) is 5.47. The standard InChI is InChI=1S/C12H17BrN2O2/c1-8(2)10(13)7-15-11(16)9-5-4-6-14-12(9)17-3/h4-6,8,10H,7H2,1-3H3,(H,15,16). The van der Waals surface area contributed by atoms with E-state index in [1.165, 1.54) is 7.11 Å². The highest BCUT2D eigenvalue weighted by atomic mass is 79.9. The van der Waals surface area contributed by atoms with Gasteiger partial charge in [0.05, 0.1) is 7.11 Å². The van der Waals surface area contributed by atoms with Crippen molar-refractivity contribution in [2.45, 2.75) is 18.7 Å². The summed E-state index contributed by atoms with van der Waals surface area (Å²) in [5.41, 5.74) is 0.457. The first-order chi connectivity index (χ1) is 8.06. The minimum atomic E-state index is -0.167. The summed E-state index contributed by atoms with van der Waals surface area (Å²) in [7, 11) is 1.50. The van der Waals surface area contributed by atoms with E-state index in [1.807, 2.05) is 0 Å². The van der Waals surface area contributed by atoms with Gasteiger partial charge < -0.3 is 10.1 Å². The van der Waals surface area contributed by atoms with E-state index < -0.39 is 0 Å². The van der Waals surface area contributed by atoms with Gasteiger partial charge in [0.15, 0.2) is 0 Å². The Hall–Kier alpha value is -1.10. The molecule has 0 bridgehead atoms. The zero-order valence-electron chi connectivity index (χ0n) is 10.2. The first kappa shape index (κ1) is 14.0. The Labute approximate surface area is 110 Å². The van der Waals surface area contributed by atoms with E-state index >= 15 is 0 Å². The third-order valence-corrected chi connectivity index (χ3v) is 3.77. The molecule has 1 N–H and O–H groups in total. The smallest absolute Gasteiger partial charge is 0.256 e. The van der Waals surface area contributed by atoms with Crippen LogP contribution < -0.4 is 10.1 Å². The number of ether oxygens (including phenoxy) is 1. The summed E-state index contributed by atoms with van der Waals surface area (Å²) in [4.78, 5) is 16.1. The number of nitrogens with one attached hydrogen (secondary N) is 1. The highest BCUT2D eigenvalue weighted by Gasteiger charge is 2.15. The molecule has 0 aliphatic rings. The van der Waals surface area contributed by atoms with Gasteiger partial charge in [-0.3, -0.25) is 4.79 Å². The van der Waals surface area contributed by atoms with Crippen LogP contribution in [0.1, 0.15) is 24.2 Å². The molecule has 1 heterocycles. The number of amides is 1. The number of hydrogen-bond donors (Lipinski definition) is 1. The summed E-state index contributed by atoms with van der Waals surface area (Å²) in [5.74, 6) is 0.645. The quantitative estimate of drug-likeness (QED) is 0.849. The van der Waals surface area contributed by atoms with Crippen molar-refractivity contribution >= 4 is 21.8 Å². The van der Waals surface area contributed by atoms with Crippen molar-refractivity contribution < 1.29 is 9.53 Å². The molecule has 0 saturated heterocycles. The molecule has 4 nitrogen and oxygen atoms in total. The number of carbonyl (C=O) groups excluding carboxylic acids is 1. The predicted octanol–water partition coefficient (Wildman–Crippen LogP) is 2.24. The Morgan fingerprint density at radius 1 is 1.59 bits per heavy atom. The van der Waals surface area contributed by atoms with E-state index in [4.69, 9.17) is 4.74 Å². The number of methoxy groups -OCH3 is 1. The van der Waals surface area contributed by atoms with Gasteiger partial charge in [0.25, 0.3) is 5.91 Å². The lowest BCUT2D eigenvalue weighted by Gasteiger charge is -2.14. The van der Waals surface area contributed by atoms with E-state index in [0.717, 1.165) is 0 Å². The van der Waals surface area contributed by atoms with Gasteiger partial charge in [-0.2, -0.15) is 0 Å². The van der Waals surface area contributed by atoms with Crippen molar-refractivity contribution in [3.05, 3.63) is 23.9 Å². The molecule has 17 heavy (non-hydrogen) atoms. The minimum Gasteiger partial charge on any atom is -0.480 e. The average molecular weight is 301 g/mol. The van der Waals surface area contributed by atoms with Crippen LogP contribution in [0.4, 0.5) is 0 Å². The molecular weight excluding hydrogens is 284 g/mol. The number of pyridine rings is 1. The summed E-state index contributed by atoms with van der Waals surface area (Å²) in [6.07, 6.45) is 1.59.